The van der Waals surface area contributed by atoms with Crippen LogP contribution < -0.4 is 11.3 Å². The second-order valence-corrected chi connectivity index (χ2v) is 7.32. The average molecular weight is 352 g/mol. The molecule has 2 aromatic heterocycles. The molecule has 106 valence electrons. The van der Waals surface area contributed by atoms with Gasteiger partial charge in [-0.05, 0) is 71.3 Å². The summed E-state index contributed by atoms with van der Waals surface area (Å²) in [5, 5.41) is 0. The quantitative estimate of drug-likeness (QED) is 0.654. The molecule has 3 nitrogen and oxygen atoms in total. The summed E-state index contributed by atoms with van der Waals surface area (Å²) in [4.78, 5) is 7.12. The highest BCUT2D eigenvalue weighted by Gasteiger charge is 2.19. The van der Waals surface area contributed by atoms with Gasteiger partial charge in [-0.3, -0.25) is 16.3 Å². The van der Waals surface area contributed by atoms with Crippen LogP contribution >= 0.6 is 27.3 Å². The van der Waals surface area contributed by atoms with Crippen LogP contribution in [0.3, 0.4) is 0 Å². The molecule has 3 rings (SSSR count). The Morgan fingerprint density at radius 2 is 2.15 bits per heavy atom. The topological polar surface area (TPSA) is 50.9 Å². The lowest BCUT2D eigenvalue weighted by Gasteiger charge is -2.14. The first-order chi connectivity index (χ1) is 9.76. The van der Waals surface area contributed by atoms with Gasteiger partial charge in [-0.15, -0.1) is 11.3 Å². The van der Waals surface area contributed by atoms with Crippen molar-refractivity contribution in [2.24, 2.45) is 5.84 Å². The molecule has 1 atom stereocenters. The molecule has 0 radical (unpaired) electrons. The molecule has 1 aliphatic carbocycles. The highest BCUT2D eigenvalue weighted by molar-refractivity contribution is 9.10. The van der Waals surface area contributed by atoms with Crippen LogP contribution in [0.4, 0.5) is 0 Å². The molecule has 0 aliphatic heterocycles. The monoisotopic (exact) mass is 351 g/mol. The van der Waals surface area contributed by atoms with Crippen molar-refractivity contribution in [3.8, 4) is 0 Å². The van der Waals surface area contributed by atoms with Crippen molar-refractivity contribution in [3.63, 3.8) is 0 Å². The Bertz CT molecular complexity index is 573. The first-order valence-electron chi connectivity index (χ1n) is 6.93. The maximum Gasteiger partial charge on any atom is 0.0594 e. The zero-order valence-corrected chi connectivity index (χ0v) is 13.6. The number of aromatic nitrogens is 1. The summed E-state index contributed by atoms with van der Waals surface area (Å²) in [5.41, 5.74) is 5.68. The first-order valence-corrected chi connectivity index (χ1v) is 8.54. The van der Waals surface area contributed by atoms with Crippen LogP contribution in [0.25, 0.3) is 0 Å². The van der Waals surface area contributed by atoms with Crippen molar-refractivity contribution in [3.05, 3.63) is 49.9 Å². The van der Waals surface area contributed by atoms with Gasteiger partial charge >= 0.3 is 0 Å². The lowest BCUT2D eigenvalue weighted by Crippen LogP contribution is -2.29. The number of nitrogens with two attached hydrogens (primary N) is 1. The van der Waals surface area contributed by atoms with E-state index < -0.39 is 0 Å². The molecule has 5 heteroatoms. The molecule has 20 heavy (non-hydrogen) atoms. The first kappa shape index (κ1) is 14.2. The van der Waals surface area contributed by atoms with E-state index >= 15 is 0 Å². The maximum atomic E-state index is 5.77. The molecular weight excluding hydrogens is 334 g/mol. The third kappa shape index (κ3) is 3.11. The lowest BCUT2D eigenvalue weighted by atomic mass is 9.98. The number of pyridine rings is 1. The second-order valence-electron chi connectivity index (χ2n) is 5.24. The number of rotatable bonds is 4. The van der Waals surface area contributed by atoms with Gasteiger partial charge in [0.1, 0.15) is 0 Å². The summed E-state index contributed by atoms with van der Waals surface area (Å²) >= 11 is 5.38. The molecule has 0 spiro atoms. The van der Waals surface area contributed by atoms with E-state index in [2.05, 4.69) is 38.5 Å². The van der Waals surface area contributed by atoms with Gasteiger partial charge in [0.25, 0.3) is 0 Å². The van der Waals surface area contributed by atoms with Gasteiger partial charge in [-0.25, -0.2) is 0 Å². The van der Waals surface area contributed by atoms with Crippen LogP contribution in [-0.2, 0) is 19.3 Å². The molecule has 1 aliphatic rings. The predicted molar refractivity (Wildman–Crippen MR) is 86.7 cm³/mol. The molecule has 2 aromatic rings. The number of nitrogens with one attached hydrogen (secondary N) is 1. The Balaban J connectivity index is 1.81. The number of halogens is 1. The highest BCUT2D eigenvalue weighted by Crippen LogP contribution is 2.33. The number of hydrazine groups is 1. The van der Waals surface area contributed by atoms with Crippen molar-refractivity contribution in [1.29, 1.82) is 0 Å². The molecule has 0 fully saturated rings. The van der Waals surface area contributed by atoms with E-state index in [9.17, 15) is 0 Å². The van der Waals surface area contributed by atoms with Crippen LogP contribution in [0.1, 0.15) is 39.8 Å². The number of hydrogen-bond acceptors (Lipinski definition) is 4. The Kier molecular flexibility index (Phi) is 4.51. The third-order valence-corrected chi connectivity index (χ3v) is 5.55. The minimum absolute atomic E-state index is 0.168. The summed E-state index contributed by atoms with van der Waals surface area (Å²) in [5.74, 6) is 5.77. The normalized spacial score (nSPS) is 15.9. The van der Waals surface area contributed by atoms with Crippen molar-refractivity contribution >= 4 is 27.3 Å². The summed E-state index contributed by atoms with van der Waals surface area (Å²) in [6.45, 7) is 0. The molecule has 0 saturated heterocycles. The number of thiophene rings is 1. The fourth-order valence-electron chi connectivity index (χ4n) is 2.73. The number of nitrogens with zero attached hydrogens (tertiary/aromatic N) is 1. The van der Waals surface area contributed by atoms with E-state index in [0.717, 1.165) is 10.9 Å². The molecule has 1 unspecified atom stereocenters. The maximum absolute atomic E-state index is 5.77. The molecule has 0 amide bonds. The van der Waals surface area contributed by atoms with Gasteiger partial charge < -0.3 is 0 Å². The van der Waals surface area contributed by atoms with Gasteiger partial charge in [-0.2, -0.15) is 0 Å². The fourth-order valence-corrected chi connectivity index (χ4v) is 4.46. The van der Waals surface area contributed by atoms with Gasteiger partial charge in [0.05, 0.1) is 6.04 Å². The predicted octanol–water partition coefficient (Wildman–Crippen LogP) is 3.53. The van der Waals surface area contributed by atoms with Crippen LogP contribution in [-0.4, -0.2) is 4.98 Å². The minimum atomic E-state index is 0.168. The van der Waals surface area contributed by atoms with E-state index in [4.69, 9.17) is 5.84 Å². The van der Waals surface area contributed by atoms with Gasteiger partial charge in [0.15, 0.2) is 0 Å². The van der Waals surface area contributed by atoms with Crippen molar-refractivity contribution in [2.75, 3.05) is 0 Å². The van der Waals surface area contributed by atoms with Crippen LogP contribution in [0.2, 0.25) is 0 Å². The van der Waals surface area contributed by atoms with E-state index in [1.807, 2.05) is 17.5 Å². The fraction of sp³-hybridized carbons (Fsp3) is 0.400. The van der Waals surface area contributed by atoms with Gasteiger partial charge in [0, 0.05) is 26.6 Å². The van der Waals surface area contributed by atoms with Crippen LogP contribution in [0.5, 0.6) is 0 Å². The molecule has 2 heterocycles. The molecular formula is C15H18BrN3S. The molecule has 0 bridgehead atoms. The average Bonchev–Trinajstić information content (AvgIpc) is 2.88. The standard InChI is InChI=1S/C15H18BrN3S/c16-12-5-10(8-18-9-12)6-13(19-17)15-7-11-3-1-2-4-14(11)20-15/h5,7-9,13,19H,1-4,6,17H2. The number of hydrogen-bond donors (Lipinski definition) is 2. The minimum Gasteiger partial charge on any atom is -0.271 e. The second kappa shape index (κ2) is 6.35. The third-order valence-electron chi connectivity index (χ3n) is 3.76. The summed E-state index contributed by atoms with van der Waals surface area (Å²) in [7, 11) is 0. The van der Waals surface area contributed by atoms with Crippen molar-refractivity contribution in [1.82, 2.24) is 10.4 Å². The van der Waals surface area contributed by atoms with E-state index in [-0.39, 0.29) is 6.04 Å². The SMILES string of the molecule is NNC(Cc1cncc(Br)c1)c1cc2c(s1)CCCC2. The van der Waals surface area contributed by atoms with Gasteiger partial charge in [0.2, 0.25) is 0 Å². The Morgan fingerprint density at radius 1 is 1.30 bits per heavy atom. The van der Waals surface area contributed by atoms with E-state index in [1.165, 1.54) is 41.7 Å². The Hall–Kier alpha value is -0.750. The smallest absolute Gasteiger partial charge is 0.0594 e. The summed E-state index contributed by atoms with van der Waals surface area (Å²) < 4.78 is 1.01. The molecule has 3 N–H and O–H groups in total. The summed E-state index contributed by atoms with van der Waals surface area (Å²) in [6, 6.07) is 4.61. The highest BCUT2D eigenvalue weighted by atomic mass is 79.9. The Labute approximate surface area is 131 Å². The zero-order valence-electron chi connectivity index (χ0n) is 11.2. The lowest BCUT2D eigenvalue weighted by molar-refractivity contribution is 0.559. The van der Waals surface area contributed by atoms with E-state index in [0.29, 0.717) is 0 Å². The number of aryl methyl sites for hydroxylation is 2. The zero-order chi connectivity index (χ0) is 13.9. The Morgan fingerprint density at radius 3 is 2.90 bits per heavy atom. The summed E-state index contributed by atoms with van der Waals surface area (Å²) in [6.07, 6.45) is 9.67. The van der Waals surface area contributed by atoms with E-state index in [1.54, 1.807) is 11.1 Å². The van der Waals surface area contributed by atoms with Crippen LogP contribution in [0, 0.1) is 0 Å². The number of fused-ring (bicyclic) bond motifs is 1. The van der Waals surface area contributed by atoms with Crippen molar-refractivity contribution < 1.29 is 0 Å². The van der Waals surface area contributed by atoms with Gasteiger partial charge in [-0.1, -0.05) is 0 Å². The van der Waals surface area contributed by atoms with Crippen LogP contribution in [0.15, 0.2) is 29.0 Å². The van der Waals surface area contributed by atoms with Crippen molar-refractivity contribution in [2.45, 2.75) is 38.1 Å². The molecule has 0 saturated carbocycles. The largest absolute Gasteiger partial charge is 0.271 e. The molecule has 0 aromatic carbocycles.